The number of hydrogen-bond acceptors (Lipinski definition) is 3. The molecule has 2 rings (SSSR count). The van der Waals surface area contributed by atoms with Crippen LogP contribution in [0, 0.1) is 22.7 Å². The highest BCUT2D eigenvalue weighted by Crippen LogP contribution is 2.28. The molecule has 0 spiro atoms. The number of allylic oxidation sites excluding steroid dienone is 1. The van der Waals surface area contributed by atoms with Crippen molar-refractivity contribution in [3.63, 3.8) is 0 Å². The number of rotatable bonds is 5. The highest BCUT2D eigenvalue weighted by atomic mass is 79.9. The summed E-state index contributed by atoms with van der Waals surface area (Å²) in [6.07, 6.45) is 3.44. The molecule has 0 aliphatic carbocycles. The summed E-state index contributed by atoms with van der Waals surface area (Å²) < 4.78 is 6.52. The van der Waals surface area contributed by atoms with Gasteiger partial charge in [0.2, 0.25) is 0 Å². The molecule has 0 aromatic heterocycles. The van der Waals surface area contributed by atoms with E-state index in [4.69, 9.17) is 10.00 Å². The highest BCUT2D eigenvalue weighted by Gasteiger charge is 2.06. The van der Waals surface area contributed by atoms with Crippen LogP contribution in [0.3, 0.4) is 0 Å². The molecule has 112 valence electrons. The second-order valence-electron chi connectivity index (χ2n) is 4.64. The van der Waals surface area contributed by atoms with Gasteiger partial charge in [0.05, 0.1) is 23.3 Å². The molecule has 0 atom stereocenters. The maximum absolute atomic E-state index is 9.45. The lowest BCUT2D eigenvalue weighted by atomic mass is 10.0. The van der Waals surface area contributed by atoms with Gasteiger partial charge in [-0.15, -0.1) is 0 Å². The van der Waals surface area contributed by atoms with Gasteiger partial charge in [-0.05, 0) is 42.0 Å². The number of hydrogen-bond donors (Lipinski definition) is 0. The zero-order chi connectivity index (χ0) is 16.7. The first-order valence-corrected chi connectivity index (χ1v) is 7.63. The summed E-state index contributed by atoms with van der Waals surface area (Å²) in [6, 6.07) is 16.8. The number of benzene rings is 2. The fraction of sp³-hybridized carbons (Fsp3) is 0.0526. The number of nitriles is 2. The van der Waals surface area contributed by atoms with Crippen LogP contribution in [0.25, 0.3) is 11.6 Å². The number of halogens is 1. The van der Waals surface area contributed by atoms with Gasteiger partial charge in [0, 0.05) is 10.0 Å². The van der Waals surface area contributed by atoms with Crippen LogP contribution in [-0.2, 0) is 0 Å². The van der Waals surface area contributed by atoms with Crippen molar-refractivity contribution >= 4 is 27.6 Å². The molecule has 0 bridgehead atoms. The molecule has 0 N–H and O–H groups in total. The average molecular weight is 365 g/mol. The summed E-state index contributed by atoms with van der Waals surface area (Å²) >= 11 is 3.43. The van der Waals surface area contributed by atoms with Gasteiger partial charge in [-0.1, -0.05) is 40.7 Å². The van der Waals surface area contributed by atoms with Crippen LogP contribution in [0.15, 0.2) is 59.6 Å². The Morgan fingerprint density at radius 1 is 1.17 bits per heavy atom. The molecule has 0 unspecified atom stereocenters. The molecule has 3 nitrogen and oxygen atoms in total. The first kappa shape index (κ1) is 16.5. The van der Waals surface area contributed by atoms with E-state index in [9.17, 15) is 5.26 Å². The molecular formula is C19H13BrN2O. The quantitative estimate of drug-likeness (QED) is 0.428. The molecule has 0 heterocycles. The van der Waals surface area contributed by atoms with Gasteiger partial charge in [-0.2, -0.15) is 10.5 Å². The summed E-state index contributed by atoms with van der Waals surface area (Å²) in [5.74, 6) is 0.675. The van der Waals surface area contributed by atoms with E-state index in [-0.39, 0.29) is 0 Å². The normalized spacial score (nSPS) is 10.5. The smallest absolute Gasteiger partial charge is 0.127 e. The van der Waals surface area contributed by atoms with Gasteiger partial charge in [0.1, 0.15) is 12.4 Å². The molecule has 23 heavy (non-hydrogen) atoms. The monoisotopic (exact) mass is 364 g/mol. The fourth-order valence-electron chi connectivity index (χ4n) is 1.97. The maximum Gasteiger partial charge on any atom is 0.127 e. The minimum absolute atomic E-state index is 0.390. The summed E-state index contributed by atoms with van der Waals surface area (Å²) in [5.41, 5.74) is 2.60. The predicted molar refractivity (Wildman–Crippen MR) is 94.5 cm³/mol. The topological polar surface area (TPSA) is 56.8 Å². The Morgan fingerprint density at radius 2 is 1.91 bits per heavy atom. The summed E-state index contributed by atoms with van der Waals surface area (Å²) in [6.45, 7) is 4.03. The van der Waals surface area contributed by atoms with E-state index in [1.807, 2.05) is 18.2 Å². The first-order chi connectivity index (χ1) is 11.2. The molecule has 0 radical (unpaired) electrons. The number of nitrogens with zero attached hydrogens (tertiary/aromatic N) is 2. The van der Waals surface area contributed by atoms with Gasteiger partial charge in [-0.25, -0.2) is 0 Å². The lowest BCUT2D eigenvalue weighted by Gasteiger charge is -2.09. The number of ether oxygens (including phenoxy) is 1. The zero-order valence-electron chi connectivity index (χ0n) is 12.3. The third-order valence-electron chi connectivity index (χ3n) is 3.07. The predicted octanol–water partition coefficient (Wildman–Crippen LogP) is 4.95. The van der Waals surface area contributed by atoms with Gasteiger partial charge in [0.15, 0.2) is 0 Å². The van der Waals surface area contributed by atoms with Gasteiger partial charge < -0.3 is 4.74 Å². The van der Waals surface area contributed by atoms with Crippen LogP contribution in [0.1, 0.15) is 16.7 Å². The molecule has 2 aromatic rings. The third-order valence-corrected chi connectivity index (χ3v) is 3.57. The van der Waals surface area contributed by atoms with E-state index in [1.54, 1.807) is 36.4 Å². The van der Waals surface area contributed by atoms with E-state index >= 15 is 0 Å². The standard InChI is InChI=1S/C19H13BrN2O/c1-2-9-23-19-8-7-18(20)11-16(19)10-17(13-22)15-5-3-14(12-21)4-6-15/h2-8,10-11H,1,9H2. The lowest BCUT2D eigenvalue weighted by molar-refractivity contribution is 0.362. The van der Waals surface area contributed by atoms with Crippen LogP contribution < -0.4 is 4.74 Å². The van der Waals surface area contributed by atoms with E-state index in [1.165, 1.54) is 0 Å². The van der Waals surface area contributed by atoms with Crippen molar-refractivity contribution in [2.45, 2.75) is 0 Å². The lowest BCUT2D eigenvalue weighted by Crippen LogP contribution is -1.95. The Morgan fingerprint density at radius 3 is 2.52 bits per heavy atom. The average Bonchev–Trinajstić information content (AvgIpc) is 2.59. The van der Waals surface area contributed by atoms with Crippen LogP contribution in [0.5, 0.6) is 5.75 Å². The molecule has 4 heteroatoms. The Bertz CT molecular complexity index is 824. The molecular weight excluding hydrogens is 352 g/mol. The van der Waals surface area contributed by atoms with Gasteiger partial charge in [-0.3, -0.25) is 0 Å². The summed E-state index contributed by atoms with van der Waals surface area (Å²) in [4.78, 5) is 0. The fourth-order valence-corrected chi connectivity index (χ4v) is 2.35. The van der Waals surface area contributed by atoms with Crippen molar-refractivity contribution in [3.8, 4) is 17.9 Å². The summed E-state index contributed by atoms with van der Waals surface area (Å²) in [7, 11) is 0. The van der Waals surface area contributed by atoms with Crippen LogP contribution >= 0.6 is 15.9 Å². The Kier molecular flexibility index (Phi) is 5.74. The second-order valence-corrected chi connectivity index (χ2v) is 5.56. The van der Waals surface area contributed by atoms with Crippen molar-refractivity contribution in [1.29, 1.82) is 10.5 Å². The van der Waals surface area contributed by atoms with E-state index in [2.05, 4.69) is 34.6 Å². The Balaban J connectivity index is 2.44. The zero-order valence-corrected chi connectivity index (χ0v) is 13.9. The SMILES string of the molecule is C=CCOc1ccc(Br)cc1C=C(C#N)c1ccc(C#N)cc1. The minimum atomic E-state index is 0.390. The van der Waals surface area contributed by atoms with Crippen molar-refractivity contribution in [1.82, 2.24) is 0 Å². The Hall–Kier alpha value is -2.82. The van der Waals surface area contributed by atoms with Gasteiger partial charge >= 0.3 is 0 Å². The van der Waals surface area contributed by atoms with Gasteiger partial charge in [0.25, 0.3) is 0 Å². The van der Waals surface area contributed by atoms with Crippen molar-refractivity contribution in [2.24, 2.45) is 0 Å². The van der Waals surface area contributed by atoms with Crippen molar-refractivity contribution in [2.75, 3.05) is 6.61 Å². The molecule has 0 aliphatic rings. The van der Waals surface area contributed by atoms with Crippen molar-refractivity contribution < 1.29 is 4.74 Å². The largest absolute Gasteiger partial charge is 0.489 e. The highest BCUT2D eigenvalue weighted by molar-refractivity contribution is 9.10. The molecule has 2 aromatic carbocycles. The van der Waals surface area contributed by atoms with E-state index in [0.29, 0.717) is 23.5 Å². The van der Waals surface area contributed by atoms with Crippen LogP contribution in [-0.4, -0.2) is 6.61 Å². The van der Waals surface area contributed by atoms with Crippen LogP contribution in [0.2, 0.25) is 0 Å². The second kappa shape index (κ2) is 7.98. The summed E-state index contributed by atoms with van der Waals surface area (Å²) in [5, 5.41) is 18.3. The minimum Gasteiger partial charge on any atom is -0.489 e. The van der Waals surface area contributed by atoms with E-state index in [0.717, 1.165) is 15.6 Å². The molecule has 0 saturated heterocycles. The Labute approximate surface area is 143 Å². The molecule has 0 fully saturated rings. The molecule has 0 amide bonds. The van der Waals surface area contributed by atoms with Crippen LogP contribution in [0.4, 0.5) is 0 Å². The third kappa shape index (κ3) is 4.32. The maximum atomic E-state index is 9.45. The van der Waals surface area contributed by atoms with E-state index < -0.39 is 0 Å². The molecule has 0 saturated carbocycles. The van der Waals surface area contributed by atoms with Crippen molar-refractivity contribution in [3.05, 3.63) is 76.3 Å². The molecule has 0 aliphatic heterocycles. The first-order valence-electron chi connectivity index (χ1n) is 6.83.